The fourth-order valence-corrected chi connectivity index (χ4v) is 3.42. The van der Waals surface area contributed by atoms with E-state index in [2.05, 4.69) is 24.5 Å². The molecule has 0 saturated carbocycles. The molecule has 0 aliphatic carbocycles. The van der Waals surface area contributed by atoms with Gasteiger partial charge in [-0.3, -0.25) is 10.2 Å². The highest BCUT2D eigenvalue weighted by molar-refractivity contribution is 5.86. The summed E-state index contributed by atoms with van der Waals surface area (Å²) in [6.07, 6.45) is -8.61. The highest BCUT2D eigenvalue weighted by Crippen LogP contribution is 2.37. The molecule has 0 aliphatic heterocycles. The monoisotopic (exact) mass is 551 g/mol. The second-order valence-corrected chi connectivity index (χ2v) is 8.25. The van der Waals surface area contributed by atoms with Gasteiger partial charge in [0.1, 0.15) is 12.1 Å². The van der Waals surface area contributed by atoms with E-state index in [0.29, 0.717) is 28.2 Å². The molecule has 204 valence electrons. The molecular formula is C25H19F6N5O3. The van der Waals surface area contributed by atoms with Gasteiger partial charge in [0.25, 0.3) is 0 Å². The SMILES string of the molecule is Cc1cc(NC(=O)O/N=C/c2ccc(-c3ncn(-c4ccc(CCC(F)(F)F)cc4)n3)cc2)c(C(F)(F)F)o1. The lowest BCUT2D eigenvalue weighted by Crippen LogP contribution is -2.14. The number of nitrogens with one attached hydrogen (secondary N) is 1. The molecule has 1 amide bonds. The van der Waals surface area contributed by atoms with Gasteiger partial charge < -0.3 is 4.42 Å². The van der Waals surface area contributed by atoms with Gasteiger partial charge in [-0.15, -0.1) is 5.10 Å². The van der Waals surface area contributed by atoms with Crippen molar-refractivity contribution in [1.29, 1.82) is 0 Å². The van der Waals surface area contributed by atoms with Crippen molar-refractivity contribution in [3.05, 3.63) is 83.6 Å². The zero-order valence-corrected chi connectivity index (χ0v) is 20.0. The molecule has 2 aromatic heterocycles. The number of hydrogen-bond acceptors (Lipinski definition) is 6. The van der Waals surface area contributed by atoms with Gasteiger partial charge >= 0.3 is 18.4 Å². The third-order valence-electron chi connectivity index (χ3n) is 5.25. The van der Waals surface area contributed by atoms with Crippen molar-refractivity contribution in [3.8, 4) is 17.1 Å². The standard InChI is InChI=1S/C25H19F6N5O3/c1-15-12-20(21(38-15)25(29,30)31)34-23(37)39-33-13-17-2-6-18(7-3-17)22-32-14-36(35-22)19-8-4-16(5-9-19)10-11-24(26,27)28/h2-9,12-14H,10-11H2,1H3,(H,34,37)/b33-13+. The average molecular weight is 551 g/mol. The summed E-state index contributed by atoms with van der Waals surface area (Å²) in [5.74, 6) is -1.02. The summed E-state index contributed by atoms with van der Waals surface area (Å²) >= 11 is 0. The molecule has 0 fully saturated rings. The molecule has 0 saturated heterocycles. The van der Waals surface area contributed by atoms with Crippen molar-refractivity contribution >= 4 is 18.0 Å². The molecule has 8 nitrogen and oxygen atoms in total. The van der Waals surface area contributed by atoms with Crippen LogP contribution >= 0.6 is 0 Å². The molecule has 39 heavy (non-hydrogen) atoms. The van der Waals surface area contributed by atoms with Crippen molar-refractivity contribution in [2.75, 3.05) is 5.32 Å². The van der Waals surface area contributed by atoms with Crippen LogP contribution in [0.1, 0.15) is 29.1 Å². The number of carbonyl (C=O) groups is 1. The normalized spacial score (nSPS) is 12.2. The lowest BCUT2D eigenvalue weighted by molar-refractivity contribution is -0.152. The van der Waals surface area contributed by atoms with Crippen molar-refractivity contribution in [2.24, 2.45) is 5.16 Å². The first-order valence-electron chi connectivity index (χ1n) is 11.2. The maximum absolute atomic E-state index is 12.9. The molecule has 2 aromatic carbocycles. The van der Waals surface area contributed by atoms with Crippen LogP contribution in [0.3, 0.4) is 0 Å². The second kappa shape index (κ2) is 11.0. The fraction of sp³-hybridized carbons (Fsp3) is 0.200. The van der Waals surface area contributed by atoms with Gasteiger partial charge in [0.05, 0.1) is 17.6 Å². The topological polar surface area (TPSA) is 94.5 Å². The molecule has 0 unspecified atom stereocenters. The zero-order chi connectivity index (χ0) is 28.2. The Morgan fingerprint density at radius 1 is 1.08 bits per heavy atom. The number of oxime groups is 1. The van der Waals surface area contributed by atoms with E-state index in [9.17, 15) is 31.1 Å². The molecule has 14 heteroatoms. The second-order valence-electron chi connectivity index (χ2n) is 8.25. The summed E-state index contributed by atoms with van der Waals surface area (Å²) in [6, 6.07) is 14.1. The van der Waals surface area contributed by atoms with E-state index in [-0.39, 0.29) is 12.2 Å². The Morgan fingerprint density at radius 3 is 2.41 bits per heavy atom. The van der Waals surface area contributed by atoms with E-state index in [1.807, 2.05) is 5.32 Å². The van der Waals surface area contributed by atoms with Gasteiger partial charge in [-0.25, -0.2) is 14.5 Å². The number of alkyl halides is 6. The maximum atomic E-state index is 12.9. The van der Waals surface area contributed by atoms with E-state index in [1.54, 1.807) is 48.5 Å². The lowest BCUT2D eigenvalue weighted by atomic mass is 10.1. The molecule has 0 spiro atoms. The summed E-state index contributed by atoms with van der Waals surface area (Å²) < 4.78 is 82.1. The lowest BCUT2D eigenvalue weighted by Gasteiger charge is -2.07. The number of carbonyl (C=O) groups excluding carboxylic acids is 1. The van der Waals surface area contributed by atoms with Crippen molar-refractivity contribution in [3.63, 3.8) is 0 Å². The van der Waals surface area contributed by atoms with Crippen LogP contribution in [-0.2, 0) is 17.4 Å². The van der Waals surface area contributed by atoms with Gasteiger partial charge in [0.15, 0.2) is 5.82 Å². The number of benzene rings is 2. The minimum Gasteiger partial charge on any atom is -0.455 e. The fourth-order valence-electron chi connectivity index (χ4n) is 3.42. The molecule has 1 N–H and O–H groups in total. The predicted octanol–water partition coefficient (Wildman–Crippen LogP) is 6.93. The van der Waals surface area contributed by atoms with E-state index in [4.69, 9.17) is 0 Å². The van der Waals surface area contributed by atoms with Crippen LogP contribution in [0.15, 0.2) is 70.5 Å². The van der Waals surface area contributed by atoms with Crippen LogP contribution in [-0.4, -0.2) is 33.2 Å². The maximum Gasteiger partial charge on any atom is 0.451 e. The number of aryl methyl sites for hydroxylation is 2. The molecule has 0 atom stereocenters. The zero-order valence-electron chi connectivity index (χ0n) is 20.0. The number of nitrogens with zero attached hydrogens (tertiary/aromatic N) is 4. The average Bonchev–Trinajstić information content (AvgIpc) is 3.50. The van der Waals surface area contributed by atoms with E-state index in [0.717, 1.165) is 6.07 Å². The van der Waals surface area contributed by atoms with Crippen molar-refractivity contribution in [2.45, 2.75) is 32.1 Å². The quantitative estimate of drug-likeness (QED) is 0.116. The Bertz CT molecular complexity index is 1460. The molecule has 2 heterocycles. The highest BCUT2D eigenvalue weighted by atomic mass is 19.4. The third kappa shape index (κ3) is 7.46. The van der Waals surface area contributed by atoms with Crippen molar-refractivity contribution in [1.82, 2.24) is 14.8 Å². The number of halogens is 6. The van der Waals surface area contributed by atoms with E-state index >= 15 is 0 Å². The Labute approximate surface area is 216 Å². The molecule has 0 bridgehead atoms. The Hall–Kier alpha value is -4.62. The van der Waals surface area contributed by atoms with Gasteiger partial charge in [0.2, 0.25) is 5.76 Å². The van der Waals surface area contributed by atoms with Crippen LogP contribution < -0.4 is 5.32 Å². The molecule has 4 rings (SSSR count). The third-order valence-corrected chi connectivity index (χ3v) is 5.25. The minimum absolute atomic E-state index is 0.0432. The first-order chi connectivity index (χ1) is 18.4. The predicted molar refractivity (Wildman–Crippen MR) is 127 cm³/mol. The Balaban J connectivity index is 1.33. The molecule has 0 radical (unpaired) electrons. The Kier molecular flexibility index (Phi) is 7.74. The number of amides is 1. The van der Waals surface area contributed by atoms with E-state index < -0.39 is 36.3 Å². The molecule has 4 aromatic rings. The smallest absolute Gasteiger partial charge is 0.451 e. The summed E-state index contributed by atoms with van der Waals surface area (Å²) in [4.78, 5) is 20.6. The van der Waals surface area contributed by atoms with E-state index in [1.165, 1.54) is 24.1 Å². The number of aromatic nitrogens is 3. The number of furan rings is 1. The van der Waals surface area contributed by atoms with Crippen LogP contribution in [0, 0.1) is 6.92 Å². The van der Waals surface area contributed by atoms with Crippen LogP contribution in [0.2, 0.25) is 0 Å². The van der Waals surface area contributed by atoms with Crippen molar-refractivity contribution < 1.29 is 40.4 Å². The summed E-state index contributed by atoms with van der Waals surface area (Å²) in [5.41, 5.74) is 1.74. The largest absolute Gasteiger partial charge is 0.455 e. The van der Waals surface area contributed by atoms with Crippen LogP contribution in [0.25, 0.3) is 17.1 Å². The van der Waals surface area contributed by atoms with Crippen LogP contribution in [0.5, 0.6) is 0 Å². The van der Waals surface area contributed by atoms with Crippen LogP contribution in [0.4, 0.5) is 36.8 Å². The summed E-state index contributed by atoms with van der Waals surface area (Å²) in [6.45, 7) is 1.30. The first-order valence-corrected chi connectivity index (χ1v) is 11.2. The van der Waals surface area contributed by atoms with Gasteiger partial charge in [-0.2, -0.15) is 26.3 Å². The van der Waals surface area contributed by atoms with Gasteiger partial charge in [-0.1, -0.05) is 41.6 Å². The Morgan fingerprint density at radius 2 is 1.77 bits per heavy atom. The number of rotatable bonds is 7. The highest BCUT2D eigenvalue weighted by Gasteiger charge is 2.39. The number of hydrogen-bond donors (Lipinski definition) is 1. The number of anilines is 1. The summed E-state index contributed by atoms with van der Waals surface area (Å²) in [5, 5.41) is 9.78. The minimum atomic E-state index is -4.79. The molecular weight excluding hydrogens is 532 g/mol. The summed E-state index contributed by atoms with van der Waals surface area (Å²) in [7, 11) is 0. The first kappa shape index (κ1) is 27.4. The molecule has 0 aliphatic rings. The van der Waals surface area contributed by atoms with Gasteiger partial charge in [0, 0.05) is 18.1 Å². The van der Waals surface area contributed by atoms with Gasteiger partial charge in [-0.05, 0) is 36.6 Å².